The molecule has 22 heavy (non-hydrogen) atoms. The lowest BCUT2D eigenvalue weighted by molar-refractivity contribution is -0.123. The minimum atomic E-state index is -0.289. The number of hydrogen-bond donors (Lipinski definition) is 2. The molecule has 2 aliphatic rings. The number of carbonyl (C=O) groups excluding carboxylic acids is 1. The van der Waals surface area contributed by atoms with Crippen molar-refractivity contribution in [2.45, 2.75) is 58.1 Å². The van der Waals surface area contributed by atoms with Crippen LogP contribution in [0.3, 0.4) is 0 Å². The summed E-state index contributed by atoms with van der Waals surface area (Å²) in [7, 11) is 0. The number of anilines is 1. The molecule has 1 unspecified atom stereocenters. The van der Waals surface area contributed by atoms with Gasteiger partial charge in [-0.15, -0.1) is 11.3 Å². The third-order valence-electron chi connectivity index (χ3n) is 4.57. The van der Waals surface area contributed by atoms with Crippen molar-refractivity contribution in [3.63, 3.8) is 0 Å². The molecule has 1 aliphatic heterocycles. The van der Waals surface area contributed by atoms with E-state index < -0.39 is 0 Å². The van der Waals surface area contributed by atoms with E-state index in [2.05, 4.69) is 22.5 Å². The highest BCUT2D eigenvalue weighted by molar-refractivity contribution is 7.15. The Morgan fingerprint density at radius 2 is 2.41 bits per heavy atom. The predicted molar refractivity (Wildman–Crippen MR) is 88.4 cm³/mol. The second-order valence-electron chi connectivity index (χ2n) is 6.28. The van der Waals surface area contributed by atoms with Crippen molar-refractivity contribution in [2.24, 2.45) is 5.92 Å². The molecular formula is C16H25N3O2S. The zero-order valence-electron chi connectivity index (χ0n) is 13.4. The standard InChI is InChI=1S/C16H25N3O2S/c1-3-4-11-5-6-12-13(9-11)22-16(18-12)19-15(20)14-10(2)21-8-7-17-14/h10-11,14,17H,3-9H2,1-2H3,(H,18,19,20)/t10-,11?,14+/m1/s1. The Bertz CT molecular complexity index is 531. The van der Waals surface area contributed by atoms with Gasteiger partial charge in [0.25, 0.3) is 0 Å². The highest BCUT2D eigenvalue weighted by atomic mass is 32.1. The van der Waals surface area contributed by atoms with Gasteiger partial charge in [0.15, 0.2) is 5.13 Å². The summed E-state index contributed by atoms with van der Waals surface area (Å²) in [6.07, 6.45) is 5.84. The summed E-state index contributed by atoms with van der Waals surface area (Å²) in [5.74, 6) is 0.748. The van der Waals surface area contributed by atoms with Crippen molar-refractivity contribution in [1.29, 1.82) is 0 Å². The maximum atomic E-state index is 12.4. The van der Waals surface area contributed by atoms with Crippen LogP contribution in [-0.2, 0) is 22.4 Å². The zero-order chi connectivity index (χ0) is 15.5. The number of nitrogens with zero attached hydrogens (tertiary/aromatic N) is 1. The fourth-order valence-corrected chi connectivity index (χ4v) is 4.49. The maximum absolute atomic E-state index is 12.4. The number of hydrogen-bond acceptors (Lipinski definition) is 5. The van der Waals surface area contributed by atoms with Crippen molar-refractivity contribution in [3.05, 3.63) is 10.6 Å². The Kier molecular flexibility index (Phi) is 5.10. The van der Waals surface area contributed by atoms with E-state index in [0.29, 0.717) is 6.61 Å². The minimum Gasteiger partial charge on any atom is -0.375 e. The fourth-order valence-electron chi connectivity index (χ4n) is 3.36. The molecular weight excluding hydrogens is 298 g/mol. The van der Waals surface area contributed by atoms with Crippen LogP contribution in [0.4, 0.5) is 5.13 Å². The molecule has 1 aromatic heterocycles. The number of aryl methyl sites for hydroxylation is 1. The van der Waals surface area contributed by atoms with Crippen molar-refractivity contribution >= 4 is 22.4 Å². The van der Waals surface area contributed by atoms with E-state index in [1.54, 1.807) is 11.3 Å². The SMILES string of the molecule is CCCC1CCc2nc(NC(=O)[C@H]3NCCO[C@@H]3C)sc2C1. The quantitative estimate of drug-likeness (QED) is 0.893. The van der Waals surface area contributed by atoms with E-state index in [0.717, 1.165) is 30.4 Å². The van der Waals surface area contributed by atoms with Crippen molar-refractivity contribution in [3.8, 4) is 0 Å². The summed E-state index contributed by atoms with van der Waals surface area (Å²) in [5, 5.41) is 6.93. The molecule has 2 heterocycles. The van der Waals surface area contributed by atoms with Crippen LogP contribution in [0.5, 0.6) is 0 Å². The summed E-state index contributed by atoms with van der Waals surface area (Å²) in [5.41, 5.74) is 1.19. The first kappa shape index (κ1) is 15.9. The topological polar surface area (TPSA) is 63.2 Å². The lowest BCUT2D eigenvalue weighted by atomic mass is 9.88. The van der Waals surface area contributed by atoms with E-state index in [1.165, 1.54) is 29.8 Å². The highest BCUT2D eigenvalue weighted by Crippen LogP contribution is 2.34. The van der Waals surface area contributed by atoms with Gasteiger partial charge in [-0.05, 0) is 32.1 Å². The highest BCUT2D eigenvalue weighted by Gasteiger charge is 2.29. The molecule has 0 bridgehead atoms. The van der Waals surface area contributed by atoms with Crippen LogP contribution in [-0.4, -0.2) is 36.2 Å². The summed E-state index contributed by atoms with van der Waals surface area (Å²) in [6, 6.07) is -0.289. The lowest BCUT2D eigenvalue weighted by Crippen LogP contribution is -2.53. The molecule has 1 amide bonds. The van der Waals surface area contributed by atoms with Gasteiger partial charge in [0, 0.05) is 11.4 Å². The van der Waals surface area contributed by atoms with E-state index in [4.69, 9.17) is 4.74 Å². The number of nitrogens with one attached hydrogen (secondary N) is 2. The summed E-state index contributed by atoms with van der Waals surface area (Å²) in [4.78, 5) is 18.4. The molecule has 6 heteroatoms. The maximum Gasteiger partial charge on any atom is 0.245 e. The van der Waals surface area contributed by atoms with Crippen molar-refractivity contribution in [1.82, 2.24) is 10.3 Å². The Labute approximate surface area is 135 Å². The summed E-state index contributed by atoms with van der Waals surface area (Å²) >= 11 is 1.65. The first-order chi connectivity index (χ1) is 10.7. The third-order valence-corrected chi connectivity index (χ3v) is 5.60. The number of aromatic nitrogens is 1. The fraction of sp³-hybridized carbons (Fsp3) is 0.750. The number of morpholine rings is 1. The van der Waals surface area contributed by atoms with Gasteiger partial charge >= 0.3 is 0 Å². The van der Waals surface area contributed by atoms with Crippen LogP contribution >= 0.6 is 11.3 Å². The second-order valence-corrected chi connectivity index (χ2v) is 7.37. The predicted octanol–water partition coefficient (Wildman–Crippen LogP) is 2.36. The average molecular weight is 323 g/mol. The first-order valence-corrected chi connectivity index (χ1v) is 9.13. The zero-order valence-corrected chi connectivity index (χ0v) is 14.2. The van der Waals surface area contributed by atoms with Crippen LogP contribution in [0, 0.1) is 5.92 Å². The third kappa shape index (κ3) is 3.50. The van der Waals surface area contributed by atoms with Crippen LogP contribution < -0.4 is 10.6 Å². The Balaban J connectivity index is 1.63. The van der Waals surface area contributed by atoms with Crippen molar-refractivity contribution in [2.75, 3.05) is 18.5 Å². The molecule has 1 saturated heterocycles. The molecule has 122 valence electrons. The van der Waals surface area contributed by atoms with Crippen LogP contribution in [0.15, 0.2) is 0 Å². The molecule has 1 aliphatic carbocycles. The van der Waals surface area contributed by atoms with Gasteiger partial charge in [0.05, 0.1) is 18.4 Å². The van der Waals surface area contributed by atoms with Gasteiger partial charge in [-0.25, -0.2) is 4.98 Å². The number of rotatable bonds is 4. The van der Waals surface area contributed by atoms with Crippen molar-refractivity contribution < 1.29 is 9.53 Å². The average Bonchev–Trinajstić information content (AvgIpc) is 2.89. The van der Waals surface area contributed by atoms with Gasteiger partial charge in [0.1, 0.15) is 6.04 Å². The van der Waals surface area contributed by atoms with E-state index in [9.17, 15) is 4.79 Å². The molecule has 0 radical (unpaired) electrons. The van der Waals surface area contributed by atoms with E-state index in [1.807, 2.05) is 6.92 Å². The van der Waals surface area contributed by atoms with E-state index >= 15 is 0 Å². The molecule has 1 aromatic rings. The molecule has 5 nitrogen and oxygen atoms in total. The molecule has 3 rings (SSSR count). The smallest absolute Gasteiger partial charge is 0.245 e. The normalized spacial score (nSPS) is 28.2. The summed E-state index contributed by atoms with van der Waals surface area (Å²) < 4.78 is 5.53. The second kappa shape index (κ2) is 7.06. The van der Waals surface area contributed by atoms with Crippen LogP contribution in [0.25, 0.3) is 0 Å². The van der Waals surface area contributed by atoms with Gasteiger partial charge in [-0.2, -0.15) is 0 Å². The van der Waals surface area contributed by atoms with Gasteiger partial charge < -0.3 is 15.4 Å². The largest absolute Gasteiger partial charge is 0.375 e. The van der Waals surface area contributed by atoms with Gasteiger partial charge in [0.2, 0.25) is 5.91 Å². The van der Waals surface area contributed by atoms with Gasteiger partial charge in [-0.3, -0.25) is 4.79 Å². The van der Waals surface area contributed by atoms with Gasteiger partial charge in [-0.1, -0.05) is 19.8 Å². The number of ether oxygens (including phenoxy) is 1. The number of carbonyl (C=O) groups is 1. The number of amides is 1. The molecule has 0 saturated carbocycles. The lowest BCUT2D eigenvalue weighted by Gasteiger charge is -2.28. The van der Waals surface area contributed by atoms with E-state index in [-0.39, 0.29) is 18.1 Å². The monoisotopic (exact) mass is 323 g/mol. The van der Waals surface area contributed by atoms with Crippen LogP contribution in [0.1, 0.15) is 43.7 Å². The first-order valence-electron chi connectivity index (χ1n) is 8.31. The number of fused-ring (bicyclic) bond motifs is 1. The minimum absolute atomic E-state index is 0.0385. The summed E-state index contributed by atoms with van der Waals surface area (Å²) in [6.45, 7) is 5.55. The molecule has 0 spiro atoms. The Morgan fingerprint density at radius 1 is 1.55 bits per heavy atom. The molecule has 0 aromatic carbocycles. The molecule has 2 N–H and O–H groups in total. The van der Waals surface area contributed by atoms with Crippen LogP contribution in [0.2, 0.25) is 0 Å². The Morgan fingerprint density at radius 3 is 3.18 bits per heavy atom. The molecule has 1 fully saturated rings. The molecule has 3 atom stereocenters. The Hall–Kier alpha value is -0.980. The number of thiazole rings is 1.